The van der Waals surface area contributed by atoms with Crippen LogP contribution in [0.2, 0.25) is 0 Å². The zero-order valence-electron chi connectivity index (χ0n) is 6.92. The molecule has 1 aromatic heterocycles. The van der Waals surface area contributed by atoms with Crippen molar-refractivity contribution in [2.45, 2.75) is 13.0 Å². The number of nitriles is 1. The molecule has 1 rings (SSSR count). The number of aliphatic hydroxyl groups is 1. The molecule has 0 amide bonds. The molecular weight excluding hydrogens is 194 g/mol. The maximum absolute atomic E-state index is 12.2. The second-order valence-electron chi connectivity index (χ2n) is 2.52. The summed E-state index contributed by atoms with van der Waals surface area (Å²) in [5, 5.41) is 17.1. The lowest BCUT2D eigenvalue weighted by Gasteiger charge is -2.03. The summed E-state index contributed by atoms with van der Waals surface area (Å²) in [6, 6.07) is 2.48. The largest absolute Gasteiger partial charge is 0.391 e. The molecule has 0 aliphatic heterocycles. The topological polar surface area (TPSA) is 76.9 Å². The molecule has 0 unspecified atom stereocenters. The number of aliphatic hydroxyl groups excluding tert-OH is 1. The van der Waals surface area contributed by atoms with Gasteiger partial charge in [0.05, 0.1) is 12.2 Å². The van der Waals surface area contributed by atoms with Crippen molar-refractivity contribution in [2.75, 3.05) is 0 Å². The van der Waals surface area contributed by atoms with Gasteiger partial charge in [-0.3, -0.25) is 4.79 Å². The van der Waals surface area contributed by atoms with E-state index in [1.54, 1.807) is 0 Å². The van der Waals surface area contributed by atoms with Crippen molar-refractivity contribution in [3.8, 4) is 6.07 Å². The summed E-state index contributed by atoms with van der Waals surface area (Å²) in [4.78, 5) is 12.8. The van der Waals surface area contributed by atoms with Crippen LogP contribution in [0.15, 0.2) is 10.9 Å². The molecule has 0 aromatic carbocycles. The van der Waals surface area contributed by atoms with Crippen molar-refractivity contribution in [2.24, 2.45) is 0 Å². The van der Waals surface area contributed by atoms with Gasteiger partial charge in [0.1, 0.15) is 11.8 Å². The van der Waals surface area contributed by atoms with Gasteiger partial charge in [0.25, 0.3) is 12.0 Å². The van der Waals surface area contributed by atoms with Crippen LogP contribution in [-0.2, 0) is 6.61 Å². The Kier molecular flexibility index (Phi) is 2.94. The quantitative estimate of drug-likeness (QED) is 0.736. The fraction of sp³-hybridized carbons (Fsp3) is 0.250. The highest BCUT2D eigenvalue weighted by Gasteiger charge is 2.15. The number of hydrogen-bond acceptors (Lipinski definition) is 3. The van der Waals surface area contributed by atoms with Gasteiger partial charge in [-0.05, 0) is 6.07 Å². The lowest BCUT2D eigenvalue weighted by Crippen LogP contribution is -2.16. The van der Waals surface area contributed by atoms with E-state index < -0.39 is 24.3 Å². The smallest absolute Gasteiger partial charge is 0.279 e. The van der Waals surface area contributed by atoms with Crippen molar-refractivity contribution in [1.29, 1.82) is 5.26 Å². The van der Waals surface area contributed by atoms with E-state index in [-0.39, 0.29) is 11.1 Å². The molecule has 0 aliphatic rings. The Balaban J connectivity index is 3.41. The zero-order chi connectivity index (χ0) is 10.7. The molecule has 0 saturated heterocycles. The first-order chi connectivity index (χ1) is 6.60. The molecule has 1 heterocycles. The summed E-state index contributed by atoms with van der Waals surface area (Å²) in [6.07, 6.45) is -2.91. The summed E-state index contributed by atoms with van der Waals surface area (Å²) in [5.74, 6) is 0. The van der Waals surface area contributed by atoms with E-state index in [1.807, 2.05) is 4.98 Å². The highest BCUT2D eigenvalue weighted by molar-refractivity contribution is 5.36. The predicted molar refractivity (Wildman–Crippen MR) is 42.7 cm³/mol. The minimum Gasteiger partial charge on any atom is -0.391 e. The van der Waals surface area contributed by atoms with Crippen LogP contribution in [0, 0.1) is 11.3 Å². The predicted octanol–water partition coefficient (Wildman–Crippen LogP) is 0.676. The van der Waals surface area contributed by atoms with Crippen molar-refractivity contribution >= 4 is 0 Å². The maximum atomic E-state index is 12.2. The first-order valence-corrected chi connectivity index (χ1v) is 3.65. The molecule has 14 heavy (non-hydrogen) atoms. The molecule has 74 valence electrons. The van der Waals surface area contributed by atoms with Gasteiger partial charge >= 0.3 is 0 Å². The lowest BCUT2D eigenvalue weighted by atomic mass is 10.1. The van der Waals surface area contributed by atoms with Gasteiger partial charge in [0.15, 0.2) is 0 Å². The Bertz CT molecular complexity index is 434. The number of alkyl halides is 2. The van der Waals surface area contributed by atoms with Crippen LogP contribution in [0.4, 0.5) is 8.78 Å². The van der Waals surface area contributed by atoms with Gasteiger partial charge < -0.3 is 10.1 Å². The number of halogens is 2. The molecule has 0 aliphatic carbocycles. The summed E-state index contributed by atoms with van der Waals surface area (Å²) in [7, 11) is 0. The summed E-state index contributed by atoms with van der Waals surface area (Å²) in [5.41, 5.74) is -1.95. The summed E-state index contributed by atoms with van der Waals surface area (Å²) >= 11 is 0. The molecule has 0 saturated carbocycles. The van der Waals surface area contributed by atoms with Crippen LogP contribution < -0.4 is 5.56 Å². The highest BCUT2D eigenvalue weighted by atomic mass is 19.3. The fourth-order valence-corrected chi connectivity index (χ4v) is 0.970. The van der Waals surface area contributed by atoms with Gasteiger partial charge in [0, 0.05) is 5.56 Å². The molecule has 1 aromatic rings. The average molecular weight is 200 g/mol. The number of hydrogen-bond donors (Lipinski definition) is 2. The van der Waals surface area contributed by atoms with E-state index in [1.165, 1.54) is 6.07 Å². The fourth-order valence-electron chi connectivity index (χ4n) is 0.970. The van der Waals surface area contributed by atoms with E-state index >= 15 is 0 Å². The molecule has 2 N–H and O–H groups in total. The van der Waals surface area contributed by atoms with Crippen molar-refractivity contribution in [1.82, 2.24) is 4.98 Å². The molecule has 6 heteroatoms. The normalized spacial score (nSPS) is 10.2. The average Bonchev–Trinajstić information content (AvgIpc) is 2.17. The molecule has 4 nitrogen and oxygen atoms in total. The van der Waals surface area contributed by atoms with Gasteiger partial charge in [-0.2, -0.15) is 5.26 Å². The van der Waals surface area contributed by atoms with E-state index in [0.29, 0.717) is 0 Å². The number of aromatic amines is 1. The summed E-state index contributed by atoms with van der Waals surface area (Å²) < 4.78 is 24.5. The van der Waals surface area contributed by atoms with Crippen LogP contribution in [0.1, 0.15) is 23.2 Å². The maximum Gasteiger partial charge on any atom is 0.279 e. The van der Waals surface area contributed by atoms with Crippen molar-refractivity contribution in [3.05, 3.63) is 33.2 Å². The van der Waals surface area contributed by atoms with Gasteiger partial charge in [0.2, 0.25) is 0 Å². The Labute approximate surface area is 77.4 Å². The molecule has 0 bridgehead atoms. The third kappa shape index (κ3) is 1.78. The Morgan fingerprint density at radius 1 is 1.64 bits per heavy atom. The molecular formula is C8H6F2N2O2. The van der Waals surface area contributed by atoms with Crippen LogP contribution in [-0.4, -0.2) is 10.1 Å². The SMILES string of the molecule is N#Cc1cc(CO)c(=O)[nH]c1C(F)F. The second-order valence-corrected chi connectivity index (χ2v) is 2.52. The third-order valence-corrected chi connectivity index (χ3v) is 1.66. The van der Waals surface area contributed by atoms with E-state index in [9.17, 15) is 13.6 Å². The van der Waals surface area contributed by atoms with Crippen molar-refractivity contribution in [3.63, 3.8) is 0 Å². The minimum absolute atomic E-state index is 0.106. The molecule has 0 atom stereocenters. The number of pyridine rings is 1. The van der Waals surface area contributed by atoms with Gasteiger partial charge in [-0.15, -0.1) is 0 Å². The van der Waals surface area contributed by atoms with E-state index in [0.717, 1.165) is 6.07 Å². The van der Waals surface area contributed by atoms with Gasteiger partial charge in [-0.1, -0.05) is 0 Å². The minimum atomic E-state index is -2.91. The number of nitrogens with one attached hydrogen (secondary N) is 1. The van der Waals surface area contributed by atoms with Gasteiger partial charge in [-0.25, -0.2) is 8.78 Å². The first-order valence-electron chi connectivity index (χ1n) is 3.65. The monoisotopic (exact) mass is 200 g/mol. The Morgan fingerprint density at radius 2 is 2.29 bits per heavy atom. The third-order valence-electron chi connectivity index (χ3n) is 1.66. The van der Waals surface area contributed by atoms with E-state index in [4.69, 9.17) is 10.4 Å². The van der Waals surface area contributed by atoms with Crippen LogP contribution >= 0.6 is 0 Å². The number of H-pyrrole nitrogens is 1. The van der Waals surface area contributed by atoms with Crippen LogP contribution in [0.25, 0.3) is 0 Å². The summed E-state index contributed by atoms with van der Waals surface area (Å²) in [6.45, 7) is -0.590. The second kappa shape index (κ2) is 3.98. The standard InChI is InChI=1S/C8H6F2N2O2/c9-7(10)6-4(2-11)1-5(3-13)8(14)12-6/h1,7,13H,3H2,(H,12,14). The Morgan fingerprint density at radius 3 is 2.71 bits per heavy atom. The molecule has 0 spiro atoms. The molecule has 0 fully saturated rings. The Hall–Kier alpha value is -1.74. The van der Waals surface area contributed by atoms with E-state index in [2.05, 4.69) is 0 Å². The highest BCUT2D eigenvalue weighted by Crippen LogP contribution is 2.19. The van der Waals surface area contributed by atoms with Crippen LogP contribution in [0.3, 0.4) is 0 Å². The van der Waals surface area contributed by atoms with Crippen LogP contribution in [0.5, 0.6) is 0 Å². The molecule has 0 radical (unpaired) electrons. The first kappa shape index (κ1) is 10.3. The van der Waals surface area contributed by atoms with Crippen molar-refractivity contribution < 1.29 is 13.9 Å². The number of rotatable bonds is 2. The number of aromatic nitrogens is 1. The lowest BCUT2D eigenvalue weighted by molar-refractivity contribution is 0.145. The zero-order valence-corrected chi connectivity index (χ0v) is 6.92. The number of nitrogens with zero attached hydrogens (tertiary/aromatic N) is 1.